The number of pyridine rings is 1. The summed E-state index contributed by atoms with van der Waals surface area (Å²) in [4.78, 5) is 17.3. The topological polar surface area (TPSA) is 30.0 Å². The van der Waals surface area contributed by atoms with Crippen molar-refractivity contribution in [3.63, 3.8) is 0 Å². The first-order valence-corrected chi connectivity index (χ1v) is 10.4. The van der Waals surface area contributed by atoms with Crippen LogP contribution in [-0.2, 0) is 12.8 Å². The number of aryl methyl sites for hydroxylation is 1. The van der Waals surface area contributed by atoms with Crippen LogP contribution in [0.2, 0.25) is 10.0 Å². The number of benzene rings is 2. The number of fused-ring (bicyclic) bond motifs is 3. The van der Waals surface area contributed by atoms with Crippen LogP contribution in [0.4, 0.5) is 0 Å². The highest BCUT2D eigenvalue weighted by atomic mass is 35.5. The molecule has 0 amide bonds. The normalized spacial score (nSPS) is 13.6. The van der Waals surface area contributed by atoms with Crippen molar-refractivity contribution in [2.75, 3.05) is 5.75 Å². The maximum atomic E-state index is 12.5. The Labute approximate surface area is 166 Å². The number of hydrogen-bond donors (Lipinski definition) is 0. The van der Waals surface area contributed by atoms with Crippen molar-refractivity contribution in [1.82, 2.24) is 4.98 Å². The van der Waals surface area contributed by atoms with Crippen molar-refractivity contribution < 1.29 is 4.79 Å². The van der Waals surface area contributed by atoms with Gasteiger partial charge in [0.25, 0.3) is 0 Å². The van der Waals surface area contributed by atoms with Gasteiger partial charge in [-0.1, -0.05) is 41.0 Å². The summed E-state index contributed by atoms with van der Waals surface area (Å²) < 4.78 is 0. The molecule has 0 N–H and O–H groups in total. The largest absolute Gasteiger partial charge is 0.293 e. The van der Waals surface area contributed by atoms with E-state index in [0.29, 0.717) is 21.4 Å². The van der Waals surface area contributed by atoms with E-state index in [9.17, 15) is 4.79 Å². The first kappa shape index (κ1) is 17.8. The molecule has 1 heterocycles. The molecule has 3 aromatic rings. The van der Waals surface area contributed by atoms with Gasteiger partial charge in [-0.25, -0.2) is 4.98 Å². The highest BCUT2D eigenvalue weighted by Gasteiger charge is 2.19. The highest BCUT2D eigenvalue weighted by molar-refractivity contribution is 8.00. The molecule has 0 radical (unpaired) electrons. The summed E-state index contributed by atoms with van der Waals surface area (Å²) in [6.07, 6.45) is 4.46. The van der Waals surface area contributed by atoms with Gasteiger partial charge in [-0.05, 0) is 73.2 Å². The number of carbonyl (C=O) groups excluding carboxylic acids is 1. The number of carbonyl (C=O) groups is 1. The van der Waals surface area contributed by atoms with Gasteiger partial charge in [-0.2, -0.15) is 0 Å². The minimum Gasteiger partial charge on any atom is -0.293 e. The Balaban J connectivity index is 1.65. The molecule has 1 aliphatic carbocycles. The second-order valence-electron chi connectivity index (χ2n) is 6.46. The van der Waals surface area contributed by atoms with Gasteiger partial charge in [0.05, 0.1) is 11.3 Å². The molecule has 0 aliphatic heterocycles. The first-order valence-electron chi connectivity index (χ1n) is 8.64. The minimum absolute atomic E-state index is 0.0872. The van der Waals surface area contributed by atoms with Crippen molar-refractivity contribution in [2.45, 2.75) is 30.7 Å². The lowest BCUT2D eigenvalue weighted by Gasteiger charge is -2.20. The number of aromatic nitrogens is 1. The summed E-state index contributed by atoms with van der Waals surface area (Å²) in [5.41, 5.74) is 4.28. The molecule has 132 valence electrons. The predicted octanol–water partition coefficient (Wildman–Crippen LogP) is 6.40. The van der Waals surface area contributed by atoms with Gasteiger partial charge >= 0.3 is 0 Å². The van der Waals surface area contributed by atoms with E-state index in [1.165, 1.54) is 41.1 Å². The lowest BCUT2D eigenvalue weighted by Crippen LogP contribution is -2.09. The monoisotopic (exact) mass is 401 g/mol. The molecule has 0 spiro atoms. The summed E-state index contributed by atoms with van der Waals surface area (Å²) in [5.74, 6) is 0.455. The van der Waals surface area contributed by atoms with Crippen LogP contribution in [-0.4, -0.2) is 16.5 Å². The van der Waals surface area contributed by atoms with E-state index in [4.69, 9.17) is 28.2 Å². The third-order valence-electron chi connectivity index (χ3n) is 4.74. The van der Waals surface area contributed by atoms with Crippen LogP contribution in [0, 0.1) is 0 Å². The molecule has 0 saturated carbocycles. The number of halogens is 2. The smallest absolute Gasteiger partial charge is 0.173 e. The number of Topliss-reactive ketones (excluding diaryl/α,β-unsaturated/α-hetero) is 1. The molecule has 0 saturated heterocycles. The Morgan fingerprint density at radius 3 is 2.42 bits per heavy atom. The molecule has 0 fully saturated rings. The van der Waals surface area contributed by atoms with Gasteiger partial charge in [0.2, 0.25) is 0 Å². The van der Waals surface area contributed by atoms with E-state index in [-0.39, 0.29) is 5.78 Å². The molecule has 5 heteroatoms. The van der Waals surface area contributed by atoms with Crippen LogP contribution in [0.5, 0.6) is 0 Å². The summed E-state index contributed by atoms with van der Waals surface area (Å²) in [5, 5.41) is 3.49. The molecule has 2 aromatic carbocycles. The van der Waals surface area contributed by atoms with Gasteiger partial charge in [-0.3, -0.25) is 4.79 Å². The molecule has 26 heavy (non-hydrogen) atoms. The lowest BCUT2D eigenvalue weighted by molar-refractivity contribution is 0.102. The maximum Gasteiger partial charge on any atom is 0.173 e. The summed E-state index contributed by atoms with van der Waals surface area (Å²) in [6, 6.07) is 13.0. The fourth-order valence-electron chi connectivity index (χ4n) is 3.44. The molecule has 2 nitrogen and oxygen atoms in total. The molecule has 1 aromatic heterocycles. The van der Waals surface area contributed by atoms with Gasteiger partial charge in [0, 0.05) is 21.0 Å². The van der Waals surface area contributed by atoms with Crippen LogP contribution in [0.15, 0.2) is 47.5 Å². The van der Waals surface area contributed by atoms with Gasteiger partial charge in [-0.15, -0.1) is 0 Å². The summed E-state index contributed by atoms with van der Waals surface area (Å²) in [7, 11) is 0. The van der Waals surface area contributed by atoms with E-state index in [1.807, 2.05) is 12.1 Å². The molecular weight excluding hydrogens is 385 g/mol. The Hall–Kier alpha value is -1.55. The van der Waals surface area contributed by atoms with Crippen LogP contribution >= 0.6 is 35.0 Å². The van der Waals surface area contributed by atoms with E-state index in [2.05, 4.69) is 6.07 Å². The van der Waals surface area contributed by atoms with Crippen LogP contribution in [0.25, 0.3) is 10.9 Å². The summed E-state index contributed by atoms with van der Waals surface area (Å²) >= 11 is 13.6. The number of ketones is 1. The third-order valence-corrected chi connectivity index (χ3v) is 6.24. The second kappa shape index (κ2) is 7.59. The first-order chi connectivity index (χ1) is 12.6. The number of nitrogens with zero attached hydrogens (tertiary/aromatic N) is 1. The van der Waals surface area contributed by atoms with Crippen molar-refractivity contribution in [3.05, 3.63) is 69.2 Å². The molecule has 0 bridgehead atoms. The maximum absolute atomic E-state index is 12.5. The minimum atomic E-state index is 0.0872. The summed E-state index contributed by atoms with van der Waals surface area (Å²) in [6.45, 7) is 0. The quantitative estimate of drug-likeness (QED) is 0.374. The van der Waals surface area contributed by atoms with E-state index < -0.39 is 0 Å². The second-order valence-corrected chi connectivity index (χ2v) is 8.30. The zero-order valence-corrected chi connectivity index (χ0v) is 16.4. The van der Waals surface area contributed by atoms with Crippen molar-refractivity contribution in [3.8, 4) is 0 Å². The Bertz CT molecular complexity index is 985. The number of thioether (sulfide) groups is 1. The van der Waals surface area contributed by atoms with Crippen LogP contribution < -0.4 is 0 Å². The predicted molar refractivity (Wildman–Crippen MR) is 110 cm³/mol. The average molecular weight is 402 g/mol. The van der Waals surface area contributed by atoms with Gasteiger partial charge < -0.3 is 0 Å². The standard InChI is InChI=1S/C21H17Cl2NOS/c22-14-7-5-13(6-8-14)20(25)12-26-21-18-4-2-1-3-16(18)17-10-9-15(23)11-19(17)24-21/h5-11H,1-4,12H2. The fourth-order valence-corrected chi connectivity index (χ4v) is 4.73. The highest BCUT2D eigenvalue weighted by Crippen LogP contribution is 2.35. The van der Waals surface area contributed by atoms with Crippen molar-refractivity contribution in [1.29, 1.82) is 0 Å². The number of hydrogen-bond acceptors (Lipinski definition) is 3. The molecule has 4 rings (SSSR count). The fraction of sp³-hybridized carbons (Fsp3) is 0.238. The zero-order valence-electron chi connectivity index (χ0n) is 14.1. The van der Waals surface area contributed by atoms with Crippen molar-refractivity contribution in [2.24, 2.45) is 0 Å². The van der Waals surface area contributed by atoms with E-state index in [0.717, 1.165) is 23.4 Å². The third kappa shape index (κ3) is 3.62. The van der Waals surface area contributed by atoms with Crippen LogP contribution in [0.3, 0.4) is 0 Å². The Morgan fingerprint density at radius 2 is 1.65 bits per heavy atom. The van der Waals surface area contributed by atoms with Crippen LogP contribution in [0.1, 0.15) is 34.3 Å². The number of rotatable bonds is 4. The van der Waals surface area contributed by atoms with Gasteiger partial charge in [0.15, 0.2) is 5.78 Å². The van der Waals surface area contributed by atoms with E-state index >= 15 is 0 Å². The van der Waals surface area contributed by atoms with E-state index in [1.54, 1.807) is 24.3 Å². The van der Waals surface area contributed by atoms with Gasteiger partial charge in [0.1, 0.15) is 5.03 Å². The Kier molecular flexibility index (Phi) is 5.21. The molecule has 0 atom stereocenters. The molecule has 0 unspecified atom stereocenters. The SMILES string of the molecule is O=C(CSc1nc2cc(Cl)ccc2c2c1CCCC2)c1ccc(Cl)cc1. The lowest BCUT2D eigenvalue weighted by atomic mass is 9.90. The zero-order chi connectivity index (χ0) is 18.1. The average Bonchev–Trinajstić information content (AvgIpc) is 2.66. The molecular formula is C21H17Cl2NOS. The molecule has 1 aliphatic rings. The van der Waals surface area contributed by atoms with Crippen molar-refractivity contribution >= 4 is 51.6 Å². The Morgan fingerprint density at radius 1 is 0.962 bits per heavy atom.